The quantitative estimate of drug-likeness (QED) is 0.813. The molecule has 0 bridgehead atoms. The molecule has 0 spiro atoms. The predicted molar refractivity (Wildman–Crippen MR) is 88.1 cm³/mol. The molecule has 1 aromatic carbocycles. The van der Waals surface area contributed by atoms with Gasteiger partial charge in [0, 0.05) is 12.1 Å². The number of aromatic nitrogens is 2. The van der Waals surface area contributed by atoms with Gasteiger partial charge in [-0.25, -0.2) is 0 Å². The summed E-state index contributed by atoms with van der Waals surface area (Å²) in [6, 6.07) is 6.94. The van der Waals surface area contributed by atoms with Crippen molar-refractivity contribution in [2.45, 2.75) is 32.9 Å². The monoisotopic (exact) mass is 337 g/mol. The maximum absolute atomic E-state index is 12.0. The molecule has 1 heterocycles. The zero-order chi connectivity index (χ0) is 16.8. The van der Waals surface area contributed by atoms with Gasteiger partial charge >= 0.3 is 0 Å². The molecule has 1 atom stereocenters. The Morgan fingerprint density at radius 1 is 1.43 bits per heavy atom. The molecule has 0 saturated carbocycles. The first kappa shape index (κ1) is 17.1. The molecule has 7 heteroatoms. The molecule has 0 radical (unpaired) electrons. The van der Waals surface area contributed by atoms with E-state index in [-0.39, 0.29) is 18.6 Å². The van der Waals surface area contributed by atoms with Gasteiger partial charge in [0.1, 0.15) is 23.8 Å². The van der Waals surface area contributed by atoms with Crippen molar-refractivity contribution >= 4 is 17.5 Å². The summed E-state index contributed by atoms with van der Waals surface area (Å²) in [5.74, 6) is 0.991. The number of rotatable bonds is 7. The zero-order valence-electron chi connectivity index (χ0n) is 13.4. The maximum atomic E-state index is 12.0. The Morgan fingerprint density at radius 3 is 2.87 bits per heavy atom. The van der Waals surface area contributed by atoms with Gasteiger partial charge in [0.05, 0.1) is 17.8 Å². The molecule has 0 aliphatic carbocycles. The van der Waals surface area contributed by atoms with Gasteiger partial charge in [0.15, 0.2) is 0 Å². The van der Waals surface area contributed by atoms with Crippen LogP contribution in [0.2, 0.25) is 5.02 Å². The number of carbonyl (C=O) groups is 1. The van der Waals surface area contributed by atoms with Gasteiger partial charge < -0.3 is 14.8 Å². The molecule has 2 rings (SSSR count). The number of ether oxygens (including phenoxy) is 2. The standard InChI is InChI=1S/C16H20ClN3O3/c1-4-10(2)18-16(21)14-7-11(19-20-14)9-23-15-6-5-12(22-3)8-13(15)17/h5-8,10H,4,9H2,1-3H3,(H,18,21)(H,19,20). The number of benzene rings is 1. The lowest BCUT2D eigenvalue weighted by atomic mass is 10.2. The van der Waals surface area contributed by atoms with Crippen LogP contribution in [0.1, 0.15) is 36.5 Å². The third-order valence-corrected chi connectivity index (χ3v) is 3.67. The summed E-state index contributed by atoms with van der Waals surface area (Å²) in [5.41, 5.74) is 1.02. The summed E-state index contributed by atoms with van der Waals surface area (Å²) in [7, 11) is 1.57. The summed E-state index contributed by atoms with van der Waals surface area (Å²) in [5, 5.41) is 10.1. The number of hydrogen-bond donors (Lipinski definition) is 2. The van der Waals surface area contributed by atoms with Crippen LogP contribution in [0, 0.1) is 0 Å². The minimum Gasteiger partial charge on any atom is -0.497 e. The minimum absolute atomic E-state index is 0.108. The number of carbonyl (C=O) groups excluding carboxylic acids is 1. The van der Waals surface area contributed by atoms with Crippen LogP contribution in [0.15, 0.2) is 24.3 Å². The number of nitrogens with one attached hydrogen (secondary N) is 2. The molecule has 0 aliphatic heterocycles. The average Bonchev–Trinajstić information content (AvgIpc) is 3.02. The first-order chi connectivity index (χ1) is 11.0. The van der Waals surface area contributed by atoms with Crippen molar-refractivity contribution < 1.29 is 14.3 Å². The van der Waals surface area contributed by atoms with Crippen LogP contribution in [-0.4, -0.2) is 29.3 Å². The molecule has 1 amide bonds. The van der Waals surface area contributed by atoms with E-state index in [2.05, 4.69) is 15.5 Å². The van der Waals surface area contributed by atoms with Crippen molar-refractivity contribution in [1.29, 1.82) is 0 Å². The van der Waals surface area contributed by atoms with E-state index in [4.69, 9.17) is 21.1 Å². The number of methoxy groups -OCH3 is 1. The largest absolute Gasteiger partial charge is 0.497 e. The summed E-state index contributed by atoms with van der Waals surface area (Å²) >= 11 is 6.11. The lowest BCUT2D eigenvalue weighted by molar-refractivity contribution is 0.0934. The molecule has 2 aromatic rings. The summed E-state index contributed by atoms with van der Waals surface area (Å²) < 4.78 is 10.7. The maximum Gasteiger partial charge on any atom is 0.271 e. The molecule has 1 aromatic heterocycles. The highest BCUT2D eigenvalue weighted by molar-refractivity contribution is 6.32. The number of halogens is 1. The number of nitrogens with zero attached hydrogens (tertiary/aromatic N) is 1. The molecule has 0 fully saturated rings. The molecule has 0 aliphatic rings. The van der Waals surface area contributed by atoms with Crippen molar-refractivity contribution in [3.63, 3.8) is 0 Å². The molecular formula is C16H20ClN3O3. The van der Waals surface area contributed by atoms with E-state index in [9.17, 15) is 4.79 Å². The molecule has 23 heavy (non-hydrogen) atoms. The van der Waals surface area contributed by atoms with Gasteiger partial charge in [-0.2, -0.15) is 5.10 Å². The Bertz CT molecular complexity index is 672. The van der Waals surface area contributed by atoms with Crippen LogP contribution in [-0.2, 0) is 6.61 Å². The topological polar surface area (TPSA) is 76.2 Å². The second-order valence-electron chi connectivity index (χ2n) is 5.15. The van der Waals surface area contributed by atoms with E-state index < -0.39 is 0 Å². The highest BCUT2D eigenvalue weighted by Crippen LogP contribution is 2.29. The number of aromatic amines is 1. The smallest absolute Gasteiger partial charge is 0.271 e. The molecule has 1 unspecified atom stereocenters. The van der Waals surface area contributed by atoms with E-state index >= 15 is 0 Å². The highest BCUT2D eigenvalue weighted by atomic mass is 35.5. The van der Waals surface area contributed by atoms with Crippen LogP contribution < -0.4 is 14.8 Å². The van der Waals surface area contributed by atoms with E-state index in [1.807, 2.05) is 13.8 Å². The van der Waals surface area contributed by atoms with Gasteiger partial charge in [-0.1, -0.05) is 18.5 Å². The van der Waals surface area contributed by atoms with E-state index in [1.165, 1.54) is 0 Å². The van der Waals surface area contributed by atoms with E-state index in [0.717, 1.165) is 6.42 Å². The summed E-state index contributed by atoms with van der Waals surface area (Å²) in [6.07, 6.45) is 0.863. The molecular weight excluding hydrogens is 318 g/mol. The first-order valence-corrected chi connectivity index (χ1v) is 7.72. The van der Waals surface area contributed by atoms with E-state index in [0.29, 0.717) is 27.9 Å². The summed E-state index contributed by atoms with van der Waals surface area (Å²) in [4.78, 5) is 12.0. The van der Waals surface area contributed by atoms with Crippen molar-refractivity contribution in [1.82, 2.24) is 15.5 Å². The van der Waals surface area contributed by atoms with Crippen molar-refractivity contribution in [3.05, 3.63) is 40.7 Å². The predicted octanol–water partition coefficient (Wildman–Crippen LogP) is 3.18. The van der Waals surface area contributed by atoms with Crippen LogP contribution in [0.4, 0.5) is 0 Å². The second kappa shape index (κ2) is 7.87. The molecule has 0 saturated heterocycles. The van der Waals surface area contributed by atoms with Crippen LogP contribution in [0.5, 0.6) is 11.5 Å². The fourth-order valence-electron chi connectivity index (χ4n) is 1.83. The van der Waals surface area contributed by atoms with Crippen molar-refractivity contribution in [2.24, 2.45) is 0 Å². The van der Waals surface area contributed by atoms with Gasteiger partial charge in [0.25, 0.3) is 5.91 Å². The fourth-order valence-corrected chi connectivity index (χ4v) is 2.06. The Kier molecular flexibility index (Phi) is 5.87. The minimum atomic E-state index is -0.204. The lowest BCUT2D eigenvalue weighted by Crippen LogP contribution is -2.32. The van der Waals surface area contributed by atoms with Crippen LogP contribution in [0.25, 0.3) is 0 Å². The Hall–Kier alpha value is -2.21. The van der Waals surface area contributed by atoms with Crippen LogP contribution in [0.3, 0.4) is 0 Å². The number of hydrogen-bond acceptors (Lipinski definition) is 4. The molecule has 6 nitrogen and oxygen atoms in total. The van der Waals surface area contributed by atoms with Crippen molar-refractivity contribution in [2.75, 3.05) is 7.11 Å². The average molecular weight is 338 g/mol. The fraction of sp³-hybridized carbons (Fsp3) is 0.375. The highest BCUT2D eigenvalue weighted by Gasteiger charge is 2.13. The molecule has 2 N–H and O–H groups in total. The zero-order valence-corrected chi connectivity index (χ0v) is 14.1. The second-order valence-corrected chi connectivity index (χ2v) is 5.55. The van der Waals surface area contributed by atoms with Gasteiger partial charge in [-0.3, -0.25) is 9.89 Å². The van der Waals surface area contributed by atoms with E-state index in [1.54, 1.807) is 31.4 Å². The third kappa shape index (κ3) is 4.63. The Labute approximate surface area is 140 Å². The Balaban J connectivity index is 1.96. The summed E-state index contributed by atoms with van der Waals surface area (Å²) in [6.45, 7) is 4.18. The van der Waals surface area contributed by atoms with Gasteiger partial charge in [-0.15, -0.1) is 0 Å². The first-order valence-electron chi connectivity index (χ1n) is 7.35. The van der Waals surface area contributed by atoms with Crippen LogP contribution >= 0.6 is 11.6 Å². The normalized spacial score (nSPS) is 11.8. The van der Waals surface area contributed by atoms with Crippen molar-refractivity contribution in [3.8, 4) is 11.5 Å². The Morgan fingerprint density at radius 2 is 2.22 bits per heavy atom. The molecule has 124 valence electrons. The third-order valence-electron chi connectivity index (χ3n) is 3.38. The lowest BCUT2D eigenvalue weighted by Gasteiger charge is -2.09. The number of H-pyrrole nitrogens is 1. The SMILES string of the molecule is CCC(C)NC(=O)c1cc(COc2ccc(OC)cc2Cl)[nH]n1. The van der Waals surface area contributed by atoms with Gasteiger partial charge in [-0.05, 0) is 31.5 Å². The number of amides is 1. The van der Waals surface area contributed by atoms with Gasteiger partial charge in [0.2, 0.25) is 0 Å².